The number of rotatable bonds is 5. The Kier molecular flexibility index (Phi) is 5.87. The van der Waals surface area contributed by atoms with E-state index in [-0.39, 0.29) is 5.91 Å². The summed E-state index contributed by atoms with van der Waals surface area (Å²) in [4.78, 5) is 14.6. The largest absolute Gasteiger partial charge is 0.340 e. The molecule has 0 unspecified atom stereocenters. The van der Waals surface area contributed by atoms with Crippen LogP contribution in [0.3, 0.4) is 0 Å². The molecule has 6 heteroatoms. The summed E-state index contributed by atoms with van der Waals surface area (Å²) < 4.78 is 1.96. The number of carbonyl (C=O) groups is 1. The maximum absolute atomic E-state index is 12.7. The summed E-state index contributed by atoms with van der Waals surface area (Å²) in [5, 5.41) is 11.9. The zero-order valence-corrected chi connectivity index (χ0v) is 15.1. The summed E-state index contributed by atoms with van der Waals surface area (Å²) in [5.41, 5.74) is 1.44. The topological polar surface area (TPSA) is 63.1 Å². The fourth-order valence-electron chi connectivity index (χ4n) is 4.07. The lowest BCUT2D eigenvalue weighted by molar-refractivity contribution is 0.0777. The molecule has 0 aromatic carbocycles. The molecular formula is C18H31N5O. The van der Waals surface area contributed by atoms with Gasteiger partial charge in [-0.15, -0.1) is 5.10 Å². The summed E-state index contributed by atoms with van der Waals surface area (Å²) in [6.07, 6.45) is 9.95. The Hall–Kier alpha value is -1.43. The first-order chi connectivity index (χ1) is 11.7. The first kappa shape index (κ1) is 17.4. The van der Waals surface area contributed by atoms with Gasteiger partial charge in [-0.3, -0.25) is 4.79 Å². The number of nitrogens with zero attached hydrogens (tertiary/aromatic N) is 4. The molecule has 134 valence electrons. The van der Waals surface area contributed by atoms with Crippen LogP contribution in [-0.4, -0.2) is 52.5 Å². The highest BCUT2D eigenvalue weighted by molar-refractivity contribution is 5.93. The Balaban J connectivity index is 1.58. The van der Waals surface area contributed by atoms with E-state index < -0.39 is 0 Å². The molecule has 1 aliphatic heterocycles. The summed E-state index contributed by atoms with van der Waals surface area (Å²) in [5.74, 6) is 0.809. The van der Waals surface area contributed by atoms with Crippen molar-refractivity contribution in [1.29, 1.82) is 0 Å². The Morgan fingerprint density at radius 2 is 1.92 bits per heavy atom. The van der Waals surface area contributed by atoms with Gasteiger partial charge in [-0.25, -0.2) is 4.68 Å². The lowest BCUT2D eigenvalue weighted by Gasteiger charge is -2.25. The monoisotopic (exact) mass is 333 g/mol. The molecule has 3 rings (SSSR count). The minimum absolute atomic E-state index is 0.0171. The van der Waals surface area contributed by atoms with Gasteiger partial charge in [0.15, 0.2) is 5.69 Å². The number of hydrogen-bond acceptors (Lipinski definition) is 4. The highest BCUT2D eigenvalue weighted by Gasteiger charge is 2.25. The van der Waals surface area contributed by atoms with E-state index in [0.717, 1.165) is 50.5 Å². The summed E-state index contributed by atoms with van der Waals surface area (Å²) >= 11 is 0. The zero-order valence-electron chi connectivity index (χ0n) is 15.1. The van der Waals surface area contributed by atoms with Crippen molar-refractivity contribution in [2.45, 2.75) is 64.3 Å². The number of amides is 1. The van der Waals surface area contributed by atoms with Crippen molar-refractivity contribution >= 4 is 5.91 Å². The molecule has 1 saturated carbocycles. The Bertz CT molecular complexity index is 544. The molecule has 1 aromatic heterocycles. The minimum atomic E-state index is 0.0171. The van der Waals surface area contributed by atoms with Gasteiger partial charge in [-0.05, 0) is 45.2 Å². The fraction of sp³-hybridized carbons (Fsp3) is 0.833. The van der Waals surface area contributed by atoms with Gasteiger partial charge >= 0.3 is 0 Å². The number of nitrogens with one attached hydrogen (secondary N) is 1. The van der Waals surface area contributed by atoms with Gasteiger partial charge in [0.1, 0.15) is 0 Å². The van der Waals surface area contributed by atoms with Gasteiger partial charge in [0, 0.05) is 13.6 Å². The van der Waals surface area contributed by atoms with Gasteiger partial charge in [0.05, 0.1) is 11.7 Å². The normalized spacial score (nSPS) is 20.2. The number of piperidine rings is 1. The third-order valence-corrected chi connectivity index (χ3v) is 5.73. The van der Waals surface area contributed by atoms with Crippen molar-refractivity contribution in [3.8, 4) is 0 Å². The molecule has 1 amide bonds. The quantitative estimate of drug-likeness (QED) is 0.899. The Morgan fingerprint density at radius 1 is 1.21 bits per heavy atom. The standard InChI is InChI=1S/C18H31N5O/c1-14-17(20-21-23(14)16-8-11-19-12-9-16)18(24)22(2)13-10-15-6-4-3-5-7-15/h15-16,19H,3-13H2,1-2H3. The molecule has 1 aliphatic carbocycles. The lowest BCUT2D eigenvalue weighted by Crippen LogP contribution is -2.31. The van der Waals surface area contributed by atoms with Crippen LogP contribution in [0.25, 0.3) is 0 Å². The summed E-state index contributed by atoms with van der Waals surface area (Å²) in [7, 11) is 1.90. The smallest absolute Gasteiger partial charge is 0.276 e. The van der Waals surface area contributed by atoms with E-state index in [2.05, 4.69) is 15.6 Å². The van der Waals surface area contributed by atoms with Crippen molar-refractivity contribution in [3.63, 3.8) is 0 Å². The van der Waals surface area contributed by atoms with Crippen LogP contribution < -0.4 is 5.32 Å². The van der Waals surface area contributed by atoms with E-state index in [1.165, 1.54) is 32.1 Å². The van der Waals surface area contributed by atoms with Crippen LogP contribution in [0, 0.1) is 12.8 Å². The molecule has 0 radical (unpaired) electrons. The summed E-state index contributed by atoms with van der Waals surface area (Å²) in [6, 6.07) is 0.368. The van der Waals surface area contributed by atoms with E-state index in [9.17, 15) is 4.79 Å². The van der Waals surface area contributed by atoms with E-state index >= 15 is 0 Å². The predicted octanol–water partition coefficient (Wildman–Crippen LogP) is 2.55. The first-order valence-corrected chi connectivity index (χ1v) is 9.54. The molecular weight excluding hydrogens is 302 g/mol. The maximum atomic E-state index is 12.7. The first-order valence-electron chi connectivity index (χ1n) is 9.54. The summed E-state index contributed by atoms with van der Waals surface area (Å²) in [6.45, 7) is 4.82. The average Bonchev–Trinajstić information content (AvgIpc) is 3.02. The Labute approximate surface area is 145 Å². The third kappa shape index (κ3) is 3.97. The average molecular weight is 333 g/mol. The van der Waals surface area contributed by atoms with Gasteiger partial charge in [0.25, 0.3) is 5.91 Å². The molecule has 0 atom stereocenters. The highest BCUT2D eigenvalue weighted by Crippen LogP contribution is 2.26. The van der Waals surface area contributed by atoms with Crippen molar-refractivity contribution in [2.24, 2.45) is 5.92 Å². The zero-order chi connectivity index (χ0) is 16.9. The maximum Gasteiger partial charge on any atom is 0.276 e. The minimum Gasteiger partial charge on any atom is -0.340 e. The second kappa shape index (κ2) is 8.10. The molecule has 2 fully saturated rings. The van der Waals surface area contributed by atoms with Crippen molar-refractivity contribution in [1.82, 2.24) is 25.2 Å². The van der Waals surface area contributed by atoms with Gasteiger partial charge in [-0.1, -0.05) is 37.3 Å². The van der Waals surface area contributed by atoms with Crippen LogP contribution >= 0.6 is 0 Å². The SMILES string of the molecule is Cc1c(C(=O)N(C)CCC2CCCCC2)nnn1C1CCNCC1. The van der Waals surface area contributed by atoms with E-state index in [4.69, 9.17) is 0 Å². The predicted molar refractivity (Wildman–Crippen MR) is 94.1 cm³/mol. The van der Waals surface area contributed by atoms with Crippen LogP contribution in [0.2, 0.25) is 0 Å². The molecule has 1 aromatic rings. The third-order valence-electron chi connectivity index (χ3n) is 5.73. The van der Waals surface area contributed by atoms with E-state index in [1.807, 2.05) is 23.6 Å². The fourth-order valence-corrected chi connectivity index (χ4v) is 4.07. The van der Waals surface area contributed by atoms with Crippen molar-refractivity contribution in [3.05, 3.63) is 11.4 Å². The van der Waals surface area contributed by atoms with Crippen LogP contribution in [0.15, 0.2) is 0 Å². The molecule has 1 N–H and O–H groups in total. The van der Waals surface area contributed by atoms with Crippen molar-refractivity contribution in [2.75, 3.05) is 26.7 Å². The second-order valence-corrected chi connectivity index (χ2v) is 7.47. The van der Waals surface area contributed by atoms with E-state index in [1.54, 1.807) is 0 Å². The molecule has 0 spiro atoms. The van der Waals surface area contributed by atoms with Crippen LogP contribution in [0.4, 0.5) is 0 Å². The molecule has 2 heterocycles. The van der Waals surface area contributed by atoms with Crippen LogP contribution in [-0.2, 0) is 0 Å². The number of aromatic nitrogens is 3. The van der Waals surface area contributed by atoms with Crippen molar-refractivity contribution < 1.29 is 4.79 Å². The second-order valence-electron chi connectivity index (χ2n) is 7.47. The molecule has 24 heavy (non-hydrogen) atoms. The number of carbonyl (C=O) groups excluding carboxylic acids is 1. The molecule has 2 aliphatic rings. The van der Waals surface area contributed by atoms with Gasteiger partial charge < -0.3 is 10.2 Å². The van der Waals surface area contributed by atoms with Gasteiger partial charge in [-0.2, -0.15) is 0 Å². The molecule has 1 saturated heterocycles. The lowest BCUT2D eigenvalue weighted by atomic mass is 9.87. The van der Waals surface area contributed by atoms with E-state index in [0.29, 0.717) is 11.7 Å². The number of hydrogen-bond donors (Lipinski definition) is 1. The Morgan fingerprint density at radius 3 is 2.62 bits per heavy atom. The molecule has 6 nitrogen and oxygen atoms in total. The molecule has 0 bridgehead atoms. The van der Waals surface area contributed by atoms with Crippen LogP contribution in [0.1, 0.15) is 73.6 Å². The van der Waals surface area contributed by atoms with Crippen LogP contribution in [0.5, 0.6) is 0 Å². The highest BCUT2D eigenvalue weighted by atomic mass is 16.2. The van der Waals surface area contributed by atoms with Gasteiger partial charge in [0.2, 0.25) is 0 Å².